The van der Waals surface area contributed by atoms with Gasteiger partial charge >= 0.3 is 0 Å². The van der Waals surface area contributed by atoms with Crippen molar-refractivity contribution in [3.8, 4) is 11.8 Å². The van der Waals surface area contributed by atoms with Crippen molar-refractivity contribution in [3.63, 3.8) is 0 Å². The number of hydrogen-bond donors (Lipinski definition) is 2. The van der Waals surface area contributed by atoms with Crippen molar-refractivity contribution in [1.82, 2.24) is 4.98 Å². The molecule has 0 aliphatic heterocycles. The van der Waals surface area contributed by atoms with Crippen LogP contribution in [0.4, 0.5) is 10.1 Å². The summed E-state index contributed by atoms with van der Waals surface area (Å²) in [5.74, 6) is 4.58. The lowest BCUT2D eigenvalue weighted by molar-refractivity contribution is 0.102. The molecule has 0 bridgehead atoms. The highest BCUT2D eigenvalue weighted by atomic mass is 19.1. The number of hydrogen-bond acceptors (Lipinski definition) is 3. The summed E-state index contributed by atoms with van der Waals surface area (Å²) in [6.07, 6.45) is 2.34. The number of para-hydroxylation sites is 1. The number of nitrogens with zero attached hydrogens (tertiary/aromatic N) is 1. The fourth-order valence-corrected chi connectivity index (χ4v) is 1.58. The maximum Gasteiger partial charge on any atom is 0.257 e. The van der Waals surface area contributed by atoms with Gasteiger partial charge in [-0.1, -0.05) is 24.0 Å². The van der Waals surface area contributed by atoms with Crippen LogP contribution in [0.5, 0.6) is 0 Å². The van der Waals surface area contributed by atoms with Gasteiger partial charge in [-0.05, 0) is 18.2 Å². The molecule has 0 spiro atoms. The molecule has 0 unspecified atom stereocenters. The smallest absolute Gasteiger partial charge is 0.257 e. The highest BCUT2D eigenvalue weighted by Gasteiger charge is 2.09. The highest BCUT2D eigenvalue weighted by molar-refractivity contribution is 6.04. The van der Waals surface area contributed by atoms with Crippen molar-refractivity contribution >= 4 is 11.6 Å². The van der Waals surface area contributed by atoms with Gasteiger partial charge in [0, 0.05) is 11.8 Å². The third-order valence-electron chi connectivity index (χ3n) is 2.47. The summed E-state index contributed by atoms with van der Waals surface area (Å²) in [5.41, 5.74) is 6.66. The lowest BCUT2D eigenvalue weighted by Crippen LogP contribution is -2.13. The van der Waals surface area contributed by atoms with Gasteiger partial charge in [-0.25, -0.2) is 4.39 Å². The summed E-state index contributed by atoms with van der Waals surface area (Å²) in [5, 5.41) is 2.67. The summed E-state index contributed by atoms with van der Waals surface area (Å²) in [4.78, 5) is 15.6. The van der Waals surface area contributed by atoms with Gasteiger partial charge in [0.15, 0.2) is 0 Å². The quantitative estimate of drug-likeness (QED) is 0.817. The van der Waals surface area contributed by atoms with Gasteiger partial charge in [0.05, 0.1) is 24.0 Å². The number of carbonyl (C=O) groups excluding carboxylic acids is 1. The second-order valence-corrected chi connectivity index (χ2v) is 3.90. The molecule has 1 heterocycles. The van der Waals surface area contributed by atoms with E-state index in [0.717, 1.165) is 12.3 Å². The molecular formula is C15H12FN3O. The average Bonchev–Trinajstić information content (AvgIpc) is 2.46. The molecular weight excluding hydrogens is 257 g/mol. The van der Waals surface area contributed by atoms with Crippen molar-refractivity contribution in [1.29, 1.82) is 0 Å². The van der Waals surface area contributed by atoms with E-state index >= 15 is 0 Å². The van der Waals surface area contributed by atoms with Gasteiger partial charge in [-0.15, -0.1) is 0 Å². The van der Waals surface area contributed by atoms with Crippen LogP contribution in [0.2, 0.25) is 0 Å². The molecule has 0 atom stereocenters. The lowest BCUT2D eigenvalue weighted by atomic mass is 10.1. The molecule has 1 aromatic heterocycles. The molecule has 2 rings (SSSR count). The van der Waals surface area contributed by atoms with Crippen LogP contribution in [-0.2, 0) is 0 Å². The summed E-state index contributed by atoms with van der Waals surface area (Å²) in [6, 6.07) is 8.18. The molecule has 5 heteroatoms. The number of aromatic nitrogens is 1. The standard InChI is InChI=1S/C15H12FN3O/c16-13-8-12(9-18-10-13)15(20)19-14-6-2-1-4-11(14)5-3-7-17/h1-2,4,6,8-10H,7,17H2,(H,19,20). The van der Waals surface area contributed by atoms with Crippen LogP contribution in [0, 0.1) is 17.7 Å². The van der Waals surface area contributed by atoms with Gasteiger partial charge < -0.3 is 11.1 Å². The maximum atomic E-state index is 13.0. The number of pyridine rings is 1. The Hall–Kier alpha value is -2.71. The maximum absolute atomic E-state index is 13.0. The van der Waals surface area contributed by atoms with E-state index in [1.807, 2.05) is 0 Å². The Bertz CT molecular complexity index is 689. The Morgan fingerprint density at radius 3 is 2.90 bits per heavy atom. The van der Waals surface area contributed by atoms with Crippen molar-refractivity contribution in [2.75, 3.05) is 11.9 Å². The molecule has 0 aliphatic rings. The molecule has 2 aromatic rings. The van der Waals surface area contributed by atoms with Gasteiger partial charge in [-0.3, -0.25) is 9.78 Å². The largest absolute Gasteiger partial charge is 0.321 e. The van der Waals surface area contributed by atoms with Crippen LogP contribution in [-0.4, -0.2) is 17.4 Å². The predicted molar refractivity (Wildman–Crippen MR) is 74.5 cm³/mol. The van der Waals surface area contributed by atoms with Gasteiger partial charge in [-0.2, -0.15) is 0 Å². The molecule has 100 valence electrons. The number of rotatable bonds is 2. The van der Waals surface area contributed by atoms with Crippen LogP contribution < -0.4 is 11.1 Å². The zero-order valence-electron chi connectivity index (χ0n) is 10.6. The predicted octanol–water partition coefficient (Wildman–Crippen LogP) is 1.78. The zero-order chi connectivity index (χ0) is 14.4. The highest BCUT2D eigenvalue weighted by Crippen LogP contribution is 2.15. The summed E-state index contributed by atoms with van der Waals surface area (Å²) in [6.45, 7) is 0.232. The molecule has 1 amide bonds. The Labute approximate surface area is 115 Å². The minimum Gasteiger partial charge on any atom is -0.321 e. The first-order chi connectivity index (χ1) is 9.70. The Balaban J connectivity index is 2.24. The van der Waals surface area contributed by atoms with E-state index in [1.165, 1.54) is 6.20 Å². The first kappa shape index (κ1) is 13.7. The number of nitrogens with two attached hydrogens (primary N) is 1. The molecule has 0 saturated heterocycles. The van der Waals surface area contributed by atoms with Crippen LogP contribution in [0.1, 0.15) is 15.9 Å². The molecule has 0 saturated carbocycles. The number of benzene rings is 1. The van der Waals surface area contributed by atoms with E-state index in [4.69, 9.17) is 5.73 Å². The number of amides is 1. The number of carbonyl (C=O) groups is 1. The minimum atomic E-state index is -0.561. The third kappa shape index (κ3) is 3.40. The summed E-state index contributed by atoms with van der Waals surface area (Å²) in [7, 11) is 0. The molecule has 20 heavy (non-hydrogen) atoms. The topological polar surface area (TPSA) is 68.0 Å². The molecule has 4 nitrogen and oxygen atoms in total. The number of anilines is 1. The van der Waals surface area contributed by atoms with Crippen LogP contribution in [0.25, 0.3) is 0 Å². The van der Waals surface area contributed by atoms with Crippen LogP contribution >= 0.6 is 0 Å². The van der Waals surface area contributed by atoms with Gasteiger partial charge in [0.2, 0.25) is 0 Å². The SMILES string of the molecule is NCC#Cc1ccccc1NC(=O)c1cncc(F)c1. The fraction of sp³-hybridized carbons (Fsp3) is 0.0667. The number of halogens is 1. The Morgan fingerprint density at radius 1 is 1.35 bits per heavy atom. The summed E-state index contributed by atoms with van der Waals surface area (Å²) >= 11 is 0. The van der Waals surface area contributed by atoms with E-state index in [9.17, 15) is 9.18 Å². The van der Waals surface area contributed by atoms with Crippen molar-refractivity contribution in [3.05, 3.63) is 59.7 Å². The van der Waals surface area contributed by atoms with Crippen LogP contribution in [0.15, 0.2) is 42.7 Å². The normalized spacial score (nSPS) is 9.50. The third-order valence-corrected chi connectivity index (χ3v) is 2.47. The van der Waals surface area contributed by atoms with Crippen molar-refractivity contribution in [2.45, 2.75) is 0 Å². The first-order valence-corrected chi connectivity index (χ1v) is 5.90. The molecule has 0 radical (unpaired) electrons. The van der Waals surface area contributed by atoms with Gasteiger partial charge in [0.1, 0.15) is 5.82 Å². The van der Waals surface area contributed by atoms with E-state index in [1.54, 1.807) is 24.3 Å². The van der Waals surface area contributed by atoms with E-state index in [2.05, 4.69) is 22.1 Å². The van der Waals surface area contributed by atoms with Gasteiger partial charge in [0.25, 0.3) is 5.91 Å². The van der Waals surface area contributed by atoms with Crippen molar-refractivity contribution < 1.29 is 9.18 Å². The minimum absolute atomic E-state index is 0.145. The molecule has 0 aliphatic carbocycles. The fourth-order valence-electron chi connectivity index (χ4n) is 1.58. The van der Waals surface area contributed by atoms with E-state index < -0.39 is 11.7 Å². The monoisotopic (exact) mass is 269 g/mol. The van der Waals surface area contributed by atoms with Crippen LogP contribution in [0.3, 0.4) is 0 Å². The zero-order valence-corrected chi connectivity index (χ0v) is 10.6. The van der Waals surface area contributed by atoms with Crippen molar-refractivity contribution in [2.24, 2.45) is 5.73 Å². The summed E-state index contributed by atoms with van der Waals surface area (Å²) < 4.78 is 13.0. The lowest BCUT2D eigenvalue weighted by Gasteiger charge is -2.07. The first-order valence-electron chi connectivity index (χ1n) is 5.90. The molecule has 0 fully saturated rings. The molecule has 1 aromatic carbocycles. The Kier molecular flexibility index (Phi) is 4.43. The molecule has 3 N–H and O–H groups in total. The van der Waals surface area contributed by atoms with E-state index in [-0.39, 0.29) is 12.1 Å². The number of nitrogens with one attached hydrogen (secondary N) is 1. The second kappa shape index (κ2) is 6.45. The van der Waals surface area contributed by atoms with E-state index in [0.29, 0.717) is 11.3 Å². The second-order valence-electron chi connectivity index (χ2n) is 3.90. The Morgan fingerprint density at radius 2 is 2.15 bits per heavy atom. The average molecular weight is 269 g/mol.